The number of nitrogens with one attached hydrogen (secondary N) is 1. The molecule has 0 saturated carbocycles. The summed E-state index contributed by atoms with van der Waals surface area (Å²) < 4.78 is 4.96. The normalized spacial score (nSPS) is 12.7. The second-order valence-corrected chi connectivity index (χ2v) is 2.87. The number of aromatic nitrogens is 2. The number of aliphatic hydroxyl groups is 1. The van der Waals surface area contributed by atoms with E-state index in [2.05, 4.69) is 9.97 Å². The van der Waals surface area contributed by atoms with E-state index in [9.17, 15) is 4.79 Å². The van der Waals surface area contributed by atoms with E-state index in [0.717, 1.165) is 0 Å². The number of methoxy groups -OCH3 is 1. The van der Waals surface area contributed by atoms with Crippen molar-refractivity contribution in [3.05, 3.63) is 22.2 Å². The zero-order valence-electron chi connectivity index (χ0n) is 7.86. The fourth-order valence-electron chi connectivity index (χ4n) is 1.06. The maximum Gasteiger partial charge on any atom is 0.346 e. The Morgan fingerprint density at radius 3 is 3.00 bits per heavy atom. The van der Waals surface area contributed by atoms with E-state index in [1.54, 1.807) is 0 Å². The van der Waals surface area contributed by atoms with E-state index in [-0.39, 0.29) is 18.5 Å². The highest BCUT2D eigenvalue weighted by atomic mass is 16.5. The summed E-state index contributed by atoms with van der Waals surface area (Å²) >= 11 is 0. The third-order valence-corrected chi connectivity index (χ3v) is 1.91. The van der Waals surface area contributed by atoms with E-state index in [1.165, 1.54) is 13.3 Å². The highest BCUT2D eigenvalue weighted by Gasteiger charge is 2.09. The zero-order valence-corrected chi connectivity index (χ0v) is 7.86. The van der Waals surface area contributed by atoms with Crippen molar-refractivity contribution >= 4 is 5.82 Å². The number of anilines is 1. The molecule has 0 unspecified atom stereocenters. The van der Waals surface area contributed by atoms with Gasteiger partial charge in [0.05, 0.1) is 12.7 Å². The van der Waals surface area contributed by atoms with Gasteiger partial charge in [-0.05, 0) is 0 Å². The Balaban J connectivity index is 2.81. The van der Waals surface area contributed by atoms with Crippen molar-refractivity contribution in [2.45, 2.75) is 12.5 Å². The lowest BCUT2D eigenvalue weighted by Gasteiger charge is -2.12. The number of aliphatic hydroxyl groups excluding tert-OH is 1. The summed E-state index contributed by atoms with van der Waals surface area (Å²) in [4.78, 5) is 16.6. The Labute approximate surface area is 80.7 Å². The molecule has 1 heterocycles. The van der Waals surface area contributed by atoms with Crippen LogP contribution in [0, 0.1) is 0 Å². The number of rotatable bonds is 4. The van der Waals surface area contributed by atoms with Crippen LogP contribution in [0.1, 0.15) is 5.56 Å². The molecule has 0 spiro atoms. The molecule has 0 amide bonds. The lowest BCUT2D eigenvalue weighted by molar-refractivity contribution is 0.0495. The third-order valence-electron chi connectivity index (χ3n) is 1.91. The number of hydrogen-bond donors (Lipinski definition) is 3. The number of nitrogen functional groups attached to an aromatic ring is 1. The summed E-state index contributed by atoms with van der Waals surface area (Å²) in [5.74, 6) is 0.264. The van der Waals surface area contributed by atoms with Gasteiger partial charge in [-0.25, -0.2) is 9.78 Å². The molecule has 0 aliphatic carbocycles. The van der Waals surface area contributed by atoms with Gasteiger partial charge in [-0.1, -0.05) is 0 Å². The van der Waals surface area contributed by atoms with Crippen LogP contribution in [0.5, 0.6) is 0 Å². The molecule has 78 valence electrons. The standard InChI is InChI=1S/C8H13N3O3/c1-14-6(4-12)2-5-3-10-8(13)11-7(5)9/h3,6,12H,2,4H2,1H3,(H3,9,10,11,13)/t6-/m0/s1. The highest BCUT2D eigenvalue weighted by molar-refractivity contribution is 5.36. The summed E-state index contributed by atoms with van der Waals surface area (Å²) in [5.41, 5.74) is 5.72. The Kier molecular flexibility index (Phi) is 3.61. The van der Waals surface area contributed by atoms with Gasteiger partial charge >= 0.3 is 5.69 Å². The fraction of sp³-hybridized carbons (Fsp3) is 0.500. The quantitative estimate of drug-likeness (QED) is 0.571. The van der Waals surface area contributed by atoms with Gasteiger partial charge in [-0.15, -0.1) is 0 Å². The molecule has 6 heteroatoms. The van der Waals surface area contributed by atoms with Crippen LogP contribution < -0.4 is 11.4 Å². The van der Waals surface area contributed by atoms with Gasteiger partial charge in [-0.3, -0.25) is 4.98 Å². The predicted molar refractivity (Wildman–Crippen MR) is 50.9 cm³/mol. The second kappa shape index (κ2) is 4.73. The van der Waals surface area contributed by atoms with Crippen LogP contribution in [0.25, 0.3) is 0 Å². The first kappa shape index (κ1) is 10.7. The topological polar surface area (TPSA) is 101 Å². The first-order chi connectivity index (χ1) is 6.67. The zero-order chi connectivity index (χ0) is 10.6. The van der Waals surface area contributed by atoms with E-state index in [0.29, 0.717) is 12.0 Å². The minimum absolute atomic E-state index is 0.102. The molecule has 0 aromatic carbocycles. The Bertz CT molecular complexity index is 346. The summed E-state index contributed by atoms with van der Waals surface area (Å²) in [7, 11) is 1.50. The number of nitrogens with zero attached hydrogens (tertiary/aromatic N) is 1. The molecule has 0 aliphatic heterocycles. The Hall–Kier alpha value is -1.40. The second-order valence-electron chi connectivity index (χ2n) is 2.87. The van der Waals surface area contributed by atoms with Crippen molar-refractivity contribution in [2.75, 3.05) is 19.5 Å². The molecule has 0 bridgehead atoms. The van der Waals surface area contributed by atoms with E-state index in [1.807, 2.05) is 0 Å². The van der Waals surface area contributed by atoms with E-state index < -0.39 is 5.69 Å². The lowest BCUT2D eigenvalue weighted by Crippen LogP contribution is -2.22. The molecule has 0 fully saturated rings. The van der Waals surface area contributed by atoms with Crippen molar-refractivity contribution in [2.24, 2.45) is 0 Å². The molecule has 1 rings (SSSR count). The van der Waals surface area contributed by atoms with Crippen molar-refractivity contribution in [3.8, 4) is 0 Å². The molecular formula is C8H13N3O3. The van der Waals surface area contributed by atoms with Crippen molar-refractivity contribution in [3.63, 3.8) is 0 Å². The molecule has 0 aliphatic rings. The van der Waals surface area contributed by atoms with Gasteiger partial charge in [0.1, 0.15) is 5.82 Å². The molecule has 4 N–H and O–H groups in total. The maximum absolute atomic E-state index is 10.7. The van der Waals surface area contributed by atoms with Crippen LogP contribution in [0.4, 0.5) is 5.82 Å². The largest absolute Gasteiger partial charge is 0.394 e. The third kappa shape index (κ3) is 2.54. The number of aromatic amines is 1. The van der Waals surface area contributed by atoms with Gasteiger partial charge in [-0.2, -0.15) is 0 Å². The SMILES string of the molecule is CO[C@H](CO)Cc1cnc(=O)[nH]c1N. The average molecular weight is 199 g/mol. The van der Waals surface area contributed by atoms with Crippen LogP contribution in [-0.2, 0) is 11.2 Å². The summed E-state index contributed by atoms with van der Waals surface area (Å²) in [6.07, 6.45) is 1.48. The van der Waals surface area contributed by atoms with Crippen molar-refractivity contribution in [1.29, 1.82) is 0 Å². The Morgan fingerprint density at radius 2 is 2.50 bits per heavy atom. The average Bonchev–Trinajstić information content (AvgIpc) is 2.17. The van der Waals surface area contributed by atoms with Crippen LogP contribution >= 0.6 is 0 Å². The van der Waals surface area contributed by atoms with Gasteiger partial charge in [0.15, 0.2) is 0 Å². The molecule has 0 radical (unpaired) electrons. The van der Waals surface area contributed by atoms with Gasteiger partial charge in [0, 0.05) is 25.3 Å². The first-order valence-electron chi connectivity index (χ1n) is 4.14. The number of H-pyrrole nitrogens is 1. The number of hydrogen-bond acceptors (Lipinski definition) is 5. The molecule has 0 saturated heterocycles. The minimum atomic E-state index is -0.482. The van der Waals surface area contributed by atoms with Crippen LogP contribution in [-0.4, -0.2) is 34.9 Å². The molecular weight excluding hydrogens is 186 g/mol. The van der Waals surface area contributed by atoms with Crippen LogP contribution in [0.15, 0.2) is 11.0 Å². The van der Waals surface area contributed by atoms with Crippen LogP contribution in [0.2, 0.25) is 0 Å². The monoisotopic (exact) mass is 199 g/mol. The predicted octanol–water partition coefficient (Wildman–Crippen LogP) is -1.10. The molecule has 1 aromatic heterocycles. The van der Waals surface area contributed by atoms with Crippen molar-refractivity contribution < 1.29 is 9.84 Å². The molecule has 14 heavy (non-hydrogen) atoms. The number of nitrogens with two attached hydrogens (primary N) is 1. The lowest BCUT2D eigenvalue weighted by atomic mass is 10.1. The van der Waals surface area contributed by atoms with Crippen molar-refractivity contribution in [1.82, 2.24) is 9.97 Å². The van der Waals surface area contributed by atoms with E-state index >= 15 is 0 Å². The van der Waals surface area contributed by atoms with Gasteiger partial charge in [0.25, 0.3) is 0 Å². The summed E-state index contributed by atoms with van der Waals surface area (Å²) in [5, 5.41) is 8.87. The fourth-order valence-corrected chi connectivity index (χ4v) is 1.06. The molecule has 1 aromatic rings. The smallest absolute Gasteiger partial charge is 0.346 e. The number of ether oxygens (including phenoxy) is 1. The van der Waals surface area contributed by atoms with Gasteiger partial charge < -0.3 is 15.6 Å². The maximum atomic E-state index is 10.7. The summed E-state index contributed by atoms with van der Waals surface area (Å²) in [6.45, 7) is -0.102. The first-order valence-corrected chi connectivity index (χ1v) is 4.14. The minimum Gasteiger partial charge on any atom is -0.394 e. The molecule has 1 atom stereocenters. The van der Waals surface area contributed by atoms with Crippen LogP contribution in [0.3, 0.4) is 0 Å². The summed E-state index contributed by atoms with van der Waals surface area (Å²) in [6, 6.07) is 0. The van der Waals surface area contributed by atoms with Gasteiger partial charge in [0.2, 0.25) is 0 Å². The van der Waals surface area contributed by atoms with E-state index in [4.69, 9.17) is 15.6 Å². The Morgan fingerprint density at radius 1 is 1.79 bits per heavy atom. The highest BCUT2D eigenvalue weighted by Crippen LogP contribution is 2.08. The molecule has 6 nitrogen and oxygen atoms in total.